The van der Waals surface area contributed by atoms with Crippen molar-refractivity contribution in [2.24, 2.45) is 0 Å². The molecule has 100 valence electrons. The zero-order chi connectivity index (χ0) is 13.2. The van der Waals surface area contributed by atoms with Gasteiger partial charge >= 0.3 is 0 Å². The van der Waals surface area contributed by atoms with Crippen LogP contribution in [0.1, 0.15) is 25.3 Å². The van der Waals surface area contributed by atoms with Gasteiger partial charge in [-0.15, -0.1) is 11.8 Å². The molecule has 0 radical (unpaired) electrons. The van der Waals surface area contributed by atoms with Crippen LogP contribution in [0.2, 0.25) is 0 Å². The topological polar surface area (TPSA) is 30.5 Å². The summed E-state index contributed by atoms with van der Waals surface area (Å²) in [6, 6.07) is 4.16. The molecular weight excluding hydrogens is 246 g/mol. The van der Waals surface area contributed by atoms with Gasteiger partial charge in [-0.05, 0) is 44.7 Å². The van der Waals surface area contributed by atoms with Gasteiger partial charge in [-0.3, -0.25) is 0 Å². The second kappa shape index (κ2) is 5.41. The monoisotopic (exact) mass is 267 g/mol. The fourth-order valence-corrected chi connectivity index (χ4v) is 3.39. The third-order valence-corrected chi connectivity index (χ3v) is 4.46. The van der Waals surface area contributed by atoms with Gasteiger partial charge in [-0.25, -0.2) is 0 Å². The lowest BCUT2D eigenvalue weighted by molar-refractivity contribution is 0.350. The summed E-state index contributed by atoms with van der Waals surface area (Å²) in [6.45, 7) is 3.31. The number of benzene rings is 1. The molecule has 1 atom stereocenters. The van der Waals surface area contributed by atoms with Crippen LogP contribution >= 0.6 is 11.8 Å². The van der Waals surface area contributed by atoms with E-state index in [4.69, 9.17) is 9.47 Å². The van der Waals surface area contributed by atoms with Crippen molar-refractivity contribution in [1.29, 1.82) is 0 Å². The molecule has 1 aromatic rings. The quantitative estimate of drug-likeness (QED) is 0.850. The Labute approximate surface area is 113 Å². The highest BCUT2D eigenvalue weighted by Gasteiger charge is 2.34. The van der Waals surface area contributed by atoms with Crippen LogP contribution in [0.15, 0.2) is 17.0 Å². The highest BCUT2D eigenvalue weighted by molar-refractivity contribution is 7.98. The summed E-state index contributed by atoms with van der Waals surface area (Å²) in [6.07, 6.45) is 4.40. The first kappa shape index (κ1) is 13.6. The number of methoxy groups -OCH3 is 2. The minimum absolute atomic E-state index is 0.0160. The number of thioether (sulfide) groups is 1. The summed E-state index contributed by atoms with van der Waals surface area (Å²) in [7, 11) is 3.43. The van der Waals surface area contributed by atoms with Crippen molar-refractivity contribution < 1.29 is 9.47 Å². The first-order valence-corrected chi connectivity index (χ1v) is 7.43. The number of ether oxygens (including phenoxy) is 2. The summed E-state index contributed by atoms with van der Waals surface area (Å²) in [5, 5.41) is 3.58. The van der Waals surface area contributed by atoms with Crippen molar-refractivity contribution in [3.05, 3.63) is 17.7 Å². The van der Waals surface area contributed by atoms with E-state index in [0.29, 0.717) is 0 Å². The maximum Gasteiger partial charge on any atom is 0.141 e. The van der Waals surface area contributed by atoms with Gasteiger partial charge in [0.05, 0.1) is 19.1 Å². The van der Waals surface area contributed by atoms with Gasteiger partial charge in [0.2, 0.25) is 0 Å². The van der Waals surface area contributed by atoms with Crippen molar-refractivity contribution >= 4 is 11.8 Å². The molecule has 1 aromatic carbocycles. The maximum absolute atomic E-state index is 5.65. The largest absolute Gasteiger partial charge is 0.495 e. The van der Waals surface area contributed by atoms with Gasteiger partial charge in [0.25, 0.3) is 0 Å². The summed E-state index contributed by atoms with van der Waals surface area (Å²) < 4.78 is 11.1. The second-order valence-corrected chi connectivity index (χ2v) is 5.56. The van der Waals surface area contributed by atoms with Crippen molar-refractivity contribution in [3.63, 3.8) is 0 Å². The van der Waals surface area contributed by atoms with E-state index in [9.17, 15) is 0 Å². The number of nitrogens with one attached hydrogen (secondary N) is 1. The summed E-state index contributed by atoms with van der Waals surface area (Å²) in [5.74, 6) is 1.82. The lowest BCUT2D eigenvalue weighted by atomic mass is 9.89. The zero-order valence-electron chi connectivity index (χ0n) is 11.5. The smallest absolute Gasteiger partial charge is 0.141 e. The molecule has 0 bridgehead atoms. The van der Waals surface area contributed by atoms with E-state index < -0.39 is 0 Å². The normalized spacial score (nSPS) is 23.1. The van der Waals surface area contributed by atoms with Crippen molar-refractivity contribution in [2.45, 2.75) is 30.2 Å². The molecule has 0 spiro atoms. The average Bonchev–Trinajstić information content (AvgIpc) is 2.84. The van der Waals surface area contributed by atoms with E-state index >= 15 is 0 Å². The predicted octanol–water partition coefficient (Wildman–Crippen LogP) is 3.02. The Hall–Kier alpha value is -0.870. The van der Waals surface area contributed by atoms with E-state index in [-0.39, 0.29) is 5.54 Å². The van der Waals surface area contributed by atoms with Crippen molar-refractivity contribution in [1.82, 2.24) is 5.32 Å². The van der Waals surface area contributed by atoms with Crippen LogP contribution in [0.25, 0.3) is 0 Å². The molecule has 1 saturated heterocycles. The highest BCUT2D eigenvalue weighted by Crippen LogP contribution is 2.45. The van der Waals surface area contributed by atoms with Gasteiger partial charge < -0.3 is 14.8 Å². The fraction of sp³-hybridized carbons (Fsp3) is 0.571. The summed E-state index contributed by atoms with van der Waals surface area (Å²) in [5.41, 5.74) is 1.25. The third kappa shape index (κ3) is 2.19. The van der Waals surface area contributed by atoms with Gasteiger partial charge in [-0.1, -0.05) is 0 Å². The van der Waals surface area contributed by atoms with Gasteiger partial charge in [0.1, 0.15) is 11.5 Å². The molecule has 0 saturated carbocycles. The minimum atomic E-state index is 0.0160. The van der Waals surface area contributed by atoms with Crippen LogP contribution in [0.4, 0.5) is 0 Å². The Morgan fingerprint density at radius 3 is 2.56 bits per heavy atom. The Kier molecular flexibility index (Phi) is 4.07. The fourth-order valence-electron chi connectivity index (χ4n) is 2.66. The predicted molar refractivity (Wildman–Crippen MR) is 75.9 cm³/mol. The van der Waals surface area contributed by atoms with Crippen LogP contribution in [-0.4, -0.2) is 27.0 Å². The summed E-state index contributed by atoms with van der Waals surface area (Å²) >= 11 is 1.67. The number of hydrogen-bond acceptors (Lipinski definition) is 4. The molecule has 0 aliphatic carbocycles. The molecular formula is C14H21NO2S. The molecule has 2 rings (SSSR count). The lowest BCUT2D eigenvalue weighted by Crippen LogP contribution is -2.33. The highest BCUT2D eigenvalue weighted by atomic mass is 32.2. The summed E-state index contributed by atoms with van der Waals surface area (Å²) in [4.78, 5) is 1.08. The van der Waals surface area contributed by atoms with Crippen LogP contribution in [-0.2, 0) is 5.54 Å². The molecule has 0 amide bonds. The third-order valence-electron chi connectivity index (χ3n) is 3.67. The van der Waals surface area contributed by atoms with E-state index in [1.165, 1.54) is 12.0 Å². The lowest BCUT2D eigenvalue weighted by Gasteiger charge is -2.28. The first-order valence-electron chi connectivity index (χ1n) is 6.20. The van der Waals surface area contributed by atoms with Crippen LogP contribution < -0.4 is 14.8 Å². The molecule has 3 nitrogen and oxygen atoms in total. The van der Waals surface area contributed by atoms with Crippen LogP contribution in [0.5, 0.6) is 11.5 Å². The molecule has 1 unspecified atom stereocenters. The molecule has 1 N–H and O–H groups in total. The van der Waals surface area contributed by atoms with Gasteiger partial charge in [0, 0.05) is 11.1 Å². The van der Waals surface area contributed by atoms with E-state index in [1.807, 2.05) is 6.07 Å². The van der Waals surface area contributed by atoms with Gasteiger partial charge in [0.15, 0.2) is 0 Å². The molecule has 18 heavy (non-hydrogen) atoms. The van der Waals surface area contributed by atoms with Crippen molar-refractivity contribution in [3.8, 4) is 11.5 Å². The Bertz CT molecular complexity index is 428. The average molecular weight is 267 g/mol. The molecule has 1 fully saturated rings. The van der Waals surface area contributed by atoms with Crippen molar-refractivity contribution in [2.75, 3.05) is 27.0 Å². The maximum atomic E-state index is 5.65. The molecule has 1 aliphatic rings. The molecule has 4 heteroatoms. The number of hydrogen-bond donors (Lipinski definition) is 1. The van der Waals surface area contributed by atoms with E-state index in [1.54, 1.807) is 26.0 Å². The van der Waals surface area contributed by atoms with Crippen LogP contribution in [0.3, 0.4) is 0 Å². The minimum Gasteiger partial charge on any atom is -0.495 e. The molecule has 1 aliphatic heterocycles. The van der Waals surface area contributed by atoms with E-state index in [2.05, 4.69) is 24.6 Å². The van der Waals surface area contributed by atoms with E-state index in [0.717, 1.165) is 29.4 Å². The Morgan fingerprint density at radius 1 is 1.28 bits per heavy atom. The standard InChI is InChI=1S/C14H21NO2S/c1-14(8-5-9-15-14)10-6-7-11(16-2)13(18-4)12(10)17-3/h6-7,15H,5,8-9H2,1-4H3. The second-order valence-electron chi connectivity index (χ2n) is 4.74. The van der Waals surface area contributed by atoms with Crippen LogP contribution in [0, 0.1) is 0 Å². The Morgan fingerprint density at radius 2 is 2.06 bits per heavy atom. The Balaban J connectivity index is 2.54. The number of rotatable bonds is 4. The molecule has 0 aromatic heterocycles. The zero-order valence-corrected chi connectivity index (χ0v) is 12.3. The molecule has 1 heterocycles. The van der Waals surface area contributed by atoms with Gasteiger partial charge in [-0.2, -0.15) is 0 Å². The SMILES string of the molecule is COc1ccc(C2(C)CCCN2)c(OC)c1SC. The first-order chi connectivity index (χ1) is 8.66.